The van der Waals surface area contributed by atoms with Gasteiger partial charge in [-0.15, -0.1) is 5.10 Å². The molecule has 3 aromatic rings. The number of hydrogen-bond acceptors (Lipinski definition) is 6. The topological polar surface area (TPSA) is 90.2 Å². The Bertz CT molecular complexity index is 1670. The minimum absolute atomic E-state index is 0.0278. The Morgan fingerprint density at radius 3 is 2.41 bits per heavy atom. The number of anilines is 1. The van der Waals surface area contributed by atoms with Crippen molar-refractivity contribution in [2.45, 2.75) is 27.7 Å². The summed E-state index contributed by atoms with van der Waals surface area (Å²) in [6, 6.07) is 15.9. The Morgan fingerprint density at radius 1 is 1.00 bits per heavy atom. The van der Waals surface area contributed by atoms with E-state index >= 15 is 0 Å². The highest BCUT2D eigenvalue weighted by molar-refractivity contribution is 6.12. The molecule has 0 saturated heterocycles. The van der Waals surface area contributed by atoms with Gasteiger partial charge in [-0.05, 0) is 57.5 Å². The summed E-state index contributed by atoms with van der Waals surface area (Å²) in [6.07, 6.45) is 0. The molecule has 2 heterocycles. The van der Waals surface area contributed by atoms with E-state index in [0.717, 1.165) is 53.7 Å². The summed E-state index contributed by atoms with van der Waals surface area (Å²) in [5.41, 5.74) is 4.84. The standard InChI is InChI=1S/C29H31N5O3/c1-6-33(7-2)18-10-12-20-24(16-18)37-25-17-19(34(8-3)9-4)11-13-21(25)26(20)22-14-15-23-28(27(22)29(35)36)30-31-32(23)5/h10-17H,6-9H2,1-5H3. The van der Waals surface area contributed by atoms with Crippen LogP contribution in [0.3, 0.4) is 0 Å². The van der Waals surface area contributed by atoms with Gasteiger partial charge in [0, 0.05) is 60.0 Å². The van der Waals surface area contributed by atoms with E-state index in [1.165, 1.54) is 0 Å². The number of benzene rings is 3. The number of aryl methyl sites for hydroxylation is 1. The van der Waals surface area contributed by atoms with E-state index in [4.69, 9.17) is 4.42 Å². The fourth-order valence-corrected chi connectivity index (χ4v) is 5.25. The van der Waals surface area contributed by atoms with Gasteiger partial charge in [0.25, 0.3) is 0 Å². The molecule has 1 aliphatic carbocycles. The predicted octanol–water partition coefficient (Wildman–Crippen LogP) is 3.51. The van der Waals surface area contributed by atoms with Gasteiger partial charge in [0.2, 0.25) is 5.36 Å². The Kier molecular flexibility index (Phi) is 6.41. The lowest BCUT2D eigenvalue weighted by atomic mass is 9.90. The lowest BCUT2D eigenvalue weighted by Crippen LogP contribution is -2.29. The third-order valence-electron chi connectivity index (χ3n) is 7.20. The molecular formula is C29H31N5O3. The van der Waals surface area contributed by atoms with Crippen LogP contribution in [0.4, 0.5) is 5.69 Å². The maximum absolute atomic E-state index is 12.5. The molecule has 0 radical (unpaired) electrons. The molecule has 37 heavy (non-hydrogen) atoms. The number of carbonyl (C=O) groups is 1. The summed E-state index contributed by atoms with van der Waals surface area (Å²) in [4.78, 5) is 14.8. The number of carboxylic acid groups (broad SMARTS) is 1. The second kappa shape index (κ2) is 9.69. The average Bonchev–Trinajstić information content (AvgIpc) is 3.28. The zero-order valence-electron chi connectivity index (χ0n) is 21.9. The molecule has 8 heteroatoms. The Morgan fingerprint density at radius 2 is 1.73 bits per heavy atom. The van der Waals surface area contributed by atoms with Crippen LogP contribution < -0.4 is 19.9 Å². The molecular weight excluding hydrogens is 466 g/mol. The van der Waals surface area contributed by atoms with Gasteiger partial charge in [0.1, 0.15) is 29.9 Å². The van der Waals surface area contributed by atoms with Gasteiger partial charge in [-0.2, -0.15) is 0 Å². The van der Waals surface area contributed by atoms with E-state index in [1.54, 1.807) is 11.7 Å². The maximum atomic E-state index is 12.5. The molecule has 190 valence electrons. The van der Waals surface area contributed by atoms with Crippen LogP contribution in [0.25, 0.3) is 44.5 Å². The van der Waals surface area contributed by atoms with E-state index in [0.29, 0.717) is 27.9 Å². The third kappa shape index (κ3) is 4.02. The van der Waals surface area contributed by atoms with Gasteiger partial charge in [-0.25, -0.2) is 9.26 Å². The second-order valence-electron chi connectivity index (χ2n) is 9.04. The molecule has 0 amide bonds. The lowest BCUT2D eigenvalue weighted by molar-refractivity contribution is -0.254. The number of nitrogens with zero attached hydrogens (tertiary/aromatic N) is 5. The van der Waals surface area contributed by atoms with E-state index in [-0.39, 0.29) is 5.56 Å². The van der Waals surface area contributed by atoms with Crippen LogP contribution in [0.15, 0.2) is 52.9 Å². The van der Waals surface area contributed by atoms with Crippen molar-refractivity contribution >= 4 is 33.7 Å². The highest BCUT2D eigenvalue weighted by Gasteiger charge is 2.23. The fourth-order valence-electron chi connectivity index (χ4n) is 5.25. The number of carboxylic acids is 1. The van der Waals surface area contributed by atoms with Crippen LogP contribution in [-0.2, 0) is 7.05 Å². The molecule has 2 aliphatic rings. The summed E-state index contributed by atoms with van der Waals surface area (Å²) in [7, 11) is 1.74. The first-order valence-electron chi connectivity index (χ1n) is 12.8. The largest absolute Gasteiger partial charge is 0.545 e. The monoisotopic (exact) mass is 497 g/mol. The van der Waals surface area contributed by atoms with Crippen molar-refractivity contribution in [2.24, 2.45) is 7.05 Å². The average molecular weight is 498 g/mol. The van der Waals surface area contributed by atoms with Gasteiger partial charge in [-0.1, -0.05) is 11.3 Å². The molecule has 0 N–H and O–H groups in total. The Balaban J connectivity index is 1.93. The zero-order chi connectivity index (χ0) is 26.3. The molecule has 8 nitrogen and oxygen atoms in total. The van der Waals surface area contributed by atoms with Crippen LogP contribution in [0.5, 0.6) is 0 Å². The second-order valence-corrected chi connectivity index (χ2v) is 9.04. The van der Waals surface area contributed by atoms with Crippen molar-refractivity contribution in [3.63, 3.8) is 0 Å². The van der Waals surface area contributed by atoms with E-state index in [9.17, 15) is 9.90 Å². The zero-order valence-corrected chi connectivity index (χ0v) is 21.9. The van der Waals surface area contributed by atoms with Crippen molar-refractivity contribution in [2.75, 3.05) is 31.1 Å². The highest BCUT2D eigenvalue weighted by atomic mass is 16.4. The van der Waals surface area contributed by atoms with Gasteiger partial charge < -0.3 is 19.2 Å². The molecule has 0 saturated carbocycles. The van der Waals surface area contributed by atoms with Gasteiger partial charge >= 0.3 is 0 Å². The van der Waals surface area contributed by atoms with Crippen molar-refractivity contribution < 1.29 is 14.3 Å². The molecule has 0 unspecified atom stereocenters. The van der Waals surface area contributed by atoms with Gasteiger partial charge in [-0.3, -0.25) is 0 Å². The van der Waals surface area contributed by atoms with Crippen LogP contribution in [0.2, 0.25) is 0 Å². The van der Waals surface area contributed by atoms with E-state index in [1.807, 2.05) is 36.4 Å². The number of rotatable bonds is 7. The molecule has 0 fully saturated rings. The Labute approximate surface area is 215 Å². The quantitative estimate of drug-likeness (QED) is 0.253. The van der Waals surface area contributed by atoms with E-state index < -0.39 is 5.97 Å². The summed E-state index contributed by atoms with van der Waals surface area (Å²) in [5.74, 6) is -0.602. The number of fused-ring (bicyclic) bond motifs is 3. The lowest BCUT2D eigenvalue weighted by Gasteiger charge is -2.23. The number of aromatic carboxylic acids is 1. The molecule has 1 aliphatic heterocycles. The molecule has 0 atom stereocenters. The van der Waals surface area contributed by atoms with Crippen LogP contribution in [0.1, 0.15) is 38.1 Å². The summed E-state index contributed by atoms with van der Waals surface area (Å²) < 4.78 is 10.3. The van der Waals surface area contributed by atoms with Gasteiger partial charge in [0.15, 0.2) is 0 Å². The normalized spacial score (nSPS) is 11.5. The van der Waals surface area contributed by atoms with Crippen molar-refractivity contribution in [3.05, 3.63) is 59.5 Å². The highest BCUT2D eigenvalue weighted by Crippen LogP contribution is 2.43. The predicted molar refractivity (Wildman–Crippen MR) is 145 cm³/mol. The first kappa shape index (κ1) is 24.5. The molecule has 2 aromatic carbocycles. The van der Waals surface area contributed by atoms with Crippen molar-refractivity contribution in [1.82, 2.24) is 19.6 Å². The fraction of sp³-hybridized carbons (Fsp3) is 0.310. The number of hydrogen-bond donors (Lipinski definition) is 0. The maximum Gasteiger partial charge on any atom is 0.203 e. The van der Waals surface area contributed by atoms with Crippen molar-refractivity contribution in [3.8, 4) is 22.5 Å². The molecule has 5 rings (SSSR count). The minimum atomic E-state index is -1.29. The van der Waals surface area contributed by atoms with Crippen molar-refractivity contribution in [1.29, 1.82) is 0 Å². The summed E-state index contributed by atoms with van der Waals surface area (Å²) >= 11 is 0. The van der Waals surface area contributed by atoms with E-state index in [2.05, 4.69) is 59.6 Å². The smallest absolute Gasteiger partial charge is 0.203 e. The molecule has 0 bridgehead atoms. The van der Waals surface area contributed by atoms with Gasteiger partial charge in [0.05, 0.1) is 17.6 Å². The Hall–Kier alpha value is -4.20. The third-order valence-corrected chi connectivity index (χ3v) is 7.20. The summed E-state index contributed by atoms with van der Waals surface area (Å²) in [6.45, 7) is 12.0. The van der Waals surface area contributed by atoms with Crippen LogP contribution in [0, 0.1) is 0 Å². The first-order chi connectivity index (χ1) is 17.9. The molecule has 1 aromatic heterocycles. The van der Waals surface area contributed by atoms with Crippen LogP contribution >= 0.6 is 0 Å². The summed E-state index contributed by atoms with van der Waals surface area (Å²) in [5, 5.41) is 22.6. The first-order valence-corrected chi connectivity index (χ1v) is 12.8. The minimum Gasteiger partial charge on any atom is -0.545 e. The molecule has 0 spiro atoms. The number of carbonyl (C=O) groups excluding carboxylic acids is 1. The SMILES string of the molecule is CCN(CC)c1ccc2c(-c3ccc4c(nnn4C)c3C(=O)[O-])c3ccc(=[N+](CC)CC)cc-3oc2c1. The number of aromatic nitrogens is 3. The van der Waals surface area contributed by atoms with Crippen LogP contribution in [-0.4, -0.2) is 47.1 Å².